The van der Waals surface area contributed by atoms with E-state index < -0.39 is 0 Å². The molecule has 0 saturated carbocycles. The fraction of sp³-hybridized carbons (Fsp3) is 0.154. The second kappa shape index (κ2) is 9.30. The van der Waals surface area contributed by atoms with Crippen LogP contribution in [0.3, 0.4) is 0 Å². The minimum Gasteiger partial charge on any atom is -0.493 e. The zero-order valence-electron chi connectivity index (χ0n) is 17.6. The van der Waals surface area contributed by atoms with E-state index in [9.17, 15) is 4.79 Å². The van der Waals surface area contributed by atoms with Crippen molar-refractivity contribution < 1.29 is 9.47 Å². The van der Waals surface area contributed by atoms with Gasteiger partial charge in [-0.15, -0.1) is 0 Å². The van der Waals surface area contributed by atoms with Gasteiger partial charge in [0, 0.05) is 0 Å². The Morgan fingerprint density at radius 3 is 2.48 bits per heavy atom. The summed E-state index contributed by atoms with van der Waals surface area (Å²) in [5, 5.41) is 0.586. The third-order valence-electron chi connectivity index (χ3n) is 4.89. The molecule has 0 aliphatic carbocycles. The Bertz CT molecular complexity index is 1280. The second-order valence-corrected chi connectivity index (χ2v) is 7.06. The van der Waals surface area contributed by atoms with Crippen LogP contribution >= 0.6 is 0 Å². The van der Waals surface area contributed by atoms with Crippen LogP contribution in [-0.4, -0.2) is 23.3 Å². The number of hydrogen-bond donors (Lipinski definition) is 0. The highest BCUT2D eigenvalue weighted by Crippen LogP contribution is 2.29. The second-order valence-electron chi connectivity index (χ2n) is 7.06. The predicted molar refractivity (Wildman–Crippen MR) is 125 cm³/mol. The lowest BCUT2D eigenvalue weighted by atomic mass is 10.1. The Labute approximate surface area is 181 Å². The number of nitrogens with zero attached hydrogens (tertiary/aromatic N) is 2. The van der Waals surface area contributed by atoms with Crippen LogP contribution in [0.5, 0.6) is 11.5 Å². The van der Waals surface area contributed by atoms with Gasteiger partial charge in [0.2, 0.25) is 0 Å². The van der Waals surface area contributed by atoms with E-state index in [0.29, 0.717) is 34.8 Å². The highest BCUT2D eigenvalue weighted by atomic mass is 16.5. The maximum Gasteiger partial charge on any atom is 0.266 e. The molecule has 0 unspecified atom stereocenters. The molecule has 1 aromatic heterocycles. The SMILES string of the molecule is CCCOc1ccc(/C=C/c2nc3ccccc3c(=O)n2-c2ccccc2)cc1OC. The fourth-order valence-corrected chi connectivity index (χ4v) is 3.38. The number of hydrogen-bond acceptors (Lipinski definition) is 4. The molecule has 3 aromatic carbocycles. The fourth-order valence-electron chi connectivity index (χ4n) is 3.38. The molecule has 156 valence electrons. The number of fused-ring (bicyclic) bond motifs is 1. The molecule has 0 aliphatic rings. The maximum absolute atomic E-state index is 13.3. The maximum atomic E-state index is 13.3. The van der Waals surface area contributed by atoms with Gasteiger partial charge < -0.3 is 9.47 Å². The molecule has 5 heteroatoms. The Kier molecular flexibility index (Phi) is 6.13. The molecule has 0 aliphatic heterocycles. The first kappa shape index (κ1) is 20.4. The zero-order chi connectivity index (χ0) is 21.6. The molecule has 0 N–H and O–H groups in total. The molecular formula is C26H24N2O3. The summed E-state index contributed by atoms with van der Waals surface area (Å²) in [6.45, 7) is 2.70. The first-order chi connectivity index (χ1) is 15.2. The number of rotatable bonds is 7. The summed E-state index contributed by atoms with van der Waals surface area (Å²) < 4.78 is 12.8. The van der Waals surface area contributed by atoms with Gasteiger partial charge in [-0.25, -0.2) is 4.98 Å². The molecule has 0 fully saturated rings. The van der Waals surface area contributed by atoms with Crippen LogP contribution in [0, 0.1) is 0 Å². The monoisotopic (exact) mass is 412 g/mol. The molecule has 0 spiro atoms. The summed E-state index contributed by atoms with van der Waals surface area (Å²) >= 11 is 0. The van der Waals surface area contributed by atoms with E-state index in [4.69, 9.17) is 14.5 Å². The Morgan fingerprint density at radius 1 is 0.935 bits per heavy atom. The third kappa shape index (κ3) is 4.36. The molecule has 1 heterocycles. The summed E-state index contributed by atoms with van der Waals surface area (Å²) in [6, 6.07) is 22.7. The Morgan fingerprint density at radius 2 is 1.71 bits per heavy atom. The van der Waals surface area contributed by atoms with Crippen molar-refractivity contribution in [2.75, 3.05) is 13.7 Å². The van der Waals surface area contributed by atoms with Crippen LogP contribution in [0.1, 0.15) is 24.7 Å². The third-order valence-corrected chi connectivity index (χ3v) is 4.89. The van der Waals surface area contributed by atoms with Crippen molar-refractivity contribution in [1.82, 2.24) is 9.55 Å². The summed E-state index contributed by atoms with van der Waals surface area (Å²) in [4.78, 5) is 18.0. The highest BCUT2D eigenvalue weighted by molar-refractivity contribution is 5.80. The standard InChI is InChI=1S/C26H24N2O3/c1-3-17-31-23-15-13-19(18-24(23)30-2)14-16-25-27-22-12-8-7-11-21(22)26(29)28(25)20-9-5-4-6-10-20/h4-16,18H,3,17H2,1-2H3/b16-14+. The number of ether oxygens (including phenoxy) is 2. The van der Waals surface area contributed by atoms with Gasteiger partial charge in [-0.05, 0) is 54.5 Å². The van der Waals surface area contributed by atoms with Gasteiger partial charge in [0.05, 0.1) is 30.3 Å². The van der Waals surface area contributed by atoms with E-state index >= 15 is 0 Å². The van der Waals surface area contributed by atoms with Crippen LogP contribution in [0.15, 0.2) is 77.6 Å². The normalized spacial score (nSPS) is 11.2. The molecule has 31 heavy (non-hydrogen) atoms. The average molecular weight is 412 g/mol. The van der Waals surface area contributed by atoms with Crippen LogP contribution in [0.2, 0.25) is 0 Å². The van der Waals surface area contributed by atoms with Gasteiger partial charge in [0.15, 0.2) is 11.5 Å². The lowest BCUT2D eigenvalue weighted by Crippen LogP contribution is -2.22. The lowest BCUT2D eigenvalue weighted by Gasteiger charge is -2.12. The van der Waals surface area contributed by atoms with Gasteiger partial charge in [-0.3, -0.25) is 9.36 Å². The number of benzene rings is 3. The van der Waals surface area contributed by atoms with Gasteiger partial charge in [0.25, 0.3) is 5.56 Å². The van der Waals surface area contributed by atoms with Gasteiger partial charge in [0.1, 0.15) is 5.82 Å². The molecule has 0 bridgehead atoms. The van der Waals surface area contributed by atoms with Crippen LogP contribution < -0.4 is 15.0 Å². The highest BCUT2D eigenvalue weighted by Gasteiger charge is 2.11. The topological polar surface area (TPSA) is 53.3 Å². The van der Waals surface area contributed by atoms with Crippen molar-refractivity contribution in [2.24, 2.45) is 0 Å². The molecule has 0 radical (unpaired) electrons. The van der Waals surface area contributed by atoms with E-state index in [-0.39, 0.29) is 5.56 Å². The van der Waals surface area contributed by atoms with Crippen LogP contribution in [-0.2, 0) is 0 Å². The van der Waals surface area contributed by atoms with Crippen molar-refractivity contribution in [3.8, 4) is 17.2 Å². The largest absolute Gasteiger partial charge is 0.493 e. The van der Waals surface area contributed by atoms with E-state index in [1.165, 1.54) is 0 Å². The minimum atomic E-state index is -0.0997. The molecule has 0 amide bonds. The summed E-state index contributed by atoms with van der Waals surface area (Å²) in [5.41, 5.74) is 2.26. The minimum absolute atomic E-state index is 0.0997. The first-order valence-electron chi connectivity index (χ1n) is 10.3. The van der Waals surface area contributed by atoms with E-state index in [1.54, 1.807) is 17.7 Å². The quantitative estimate of drug-likeness (QED) is 0.410. The van der Waals surface area contributed by atoms with Crippen molar-refractivity contribution in [2.45, 2.75) is 13.3 Å². The average Bonchev–Trinajstić information content (AvgIpc) is 2.82. The molecule has 4 rings (SSSR count). The van der Waals surface area contributed by atoms with Crippen molar-refractivity contribution in [3.05, 3.63) is 94.5 Å². The van der Waals surface area contributed by atoms with Crippen molar-refractivity contribution in [3.63, 3.8) is 0 Å². The molecule has 5 nitrogen and oxygen atoms in total. The number of aromatic nitrogens is 2. The summed E-state index contributed by atoms with van der Waals surface area (Å²) in [5.74, 6) is 1.94. The van der Waals surface area contributed by atoms with Crippen LogP contribution in [0.25, 0.3) is 28.7 Å². The van der Waals surface area contributed by atoms with Gasteiger partial charge in [-0.2, -0.15) is 0 Å². The predicted octanol–water partition coefficient (Wildman–Crippen LogP) is 5.35. The molecular weight excluding hydrogens is 388 g/mol. The van der Waals surface area contributed by atoms with Crippen molar-refractivity contribution >= 4 is 23.1 Å². The smallest absolute Gasteiger partial charge is 0.266 e. The van der Waals surface area contributed by atoms with E-state index in [0.717, 1.165) is 17.7 Å². The van der Waals surface area contributed by atoms with Crippen LogP contribution in [0.4, 0.5) is 0 Å². The molecule has 0 atom stereocenters. The van der Waals surface area contributed by atoms with Gasteiger partial charge >= 0.3 is 0 Å². The van der Waals surface area contributed by atoms with Crippen molar-refractivity contribution in [1.29, 1.82) is 0 Å². The molecule has 0 saturated heterocycles. The lowest BCUT2D eigenvalue weighted by molar-refractivity contribution is 0.294. The summed E-state index contributed by atoms with van der Waals surface area (Å²) in [7, 11) is 1.62. The number of para-hydroxylation sites is 2. The Hall–Kier alpha value is -3.86. The summed E-state index contributed by atoms with van der Waals surface area (Å²) in [6.07, 6.45) is 4.69. The Balaban J connectivity index is 1.79. The first-order valence-corrected chi connectivity index (χ1v) is 10.3. The zero-order valence-corrected chi connectivity index (χ0v) is 17.6. The van der Waals surface area contributed by atoms with Gasteiger partial charge in [-0.1, -0.05) is 49.4 Å². The van der Waals surface area contributed by atoms with E-state index in [1.807, 2.05) is 78.9 Å². The molecule has 4 aromatic rings. The van der Waals surface area contributed by atoms with E-state index in [2.05, 4.69) is 6.92 Å². The number of methoxy groups -OCH3 is 1.